The molecule has 0 atom stereocenters. The summed E-state index contributed by atoms with van der Waals surface area (Å²) < 4.78 is 13.4. The molecule has 2 aromatic carbocycles. The maximum Gasteiger partial charge on any atom is 0.241 e. The van der Waals surface area contributed by atoms with E-state index in [4.69, 9.17) is 19.6 Å². The van der Waals surface area contributed by atoms with Gasteiger partial charge >= 0.3 is 0 Å². The summed E-state index contributed by atoms with van der Waals surface area (Å²) in [6.07, 6.45) is 6.31. The van der Waals surface area contributed by atoms with Gasteiger partial charge in [-0.25, -0.2) is 0 Å². The molecule has 1 aliphatic carbocycles. The standard InChI is InChI=1S/C26H26N4O3/c1-16-6-8-17(9-7-16)25-20-14-27-21-13-23-22(32-10-11-33-23)12-19(21)26(20)30(29-25)15-24(31)28-18-4-2-3-5-18/h6-9,12-14,18H,2-5,10-11,15H2,1H3,(H,28,31). The average molecular weight is 443 g/mol. The Kier molecular flexibility index (Phi) is 4.89. The van der Waals surface area contributed by atoms with Crippen molar-refractivity contribution in [3.63, 3.8) is 0 Å². The van der Waals surface area contributed by atoms with Gasteiger partial charge in [0, 0.05) is 34.6 Å². The lowest BCUT2D eigenvalue weighted by Gasteiger charge is -2.19. The van der Waals surface area contributed by atoms with E-state index in [1.165, 1.54) is 18.4 Å². The maximum atomic E-state index is 12.9. The second-order valence-electron chi connectivity index (χ2n) is 8.95. The Balaban J connectivity index is 1.50. The van der Waals surface area contributed by atoms with E-state index in [0.717, 1.165) is 45.9 Å². The molecule has 33 heavy (non-hydrogen) atoms. The third kappa shape index (κ3) is 3.67. The van der Waals surface area contributed by atoms with Gasteiger partial charge in [-0.1, -0.05) is 42.7 Å². The number of rotatable bonds is 4. The molecule has 0 saturated heterocycles. The minimum absolute atomic E-state index is 0.00994. The van der Waals surface area contributed by atoms with Crippen molar-refractivity contribution in [2.75, 3.05) is 13.2 Å². The number of amides is 1. The fourth-order valence-electron chi connectivity index (χ4n) is 4.91. The highest BCUT2D eigenvalue weighted by molar-refractivity contribution is 6.09. The van der Waals surface area contributed by atoms with E-state index in [1.807, 2.05) is 23.0 Å². The first-order chi connectivity index (χ1) is 16.2. The molecule has 3 heterocycles. The van der Waals surface area contributed by atoms with Gasteiger partial charge in [0.1, 0.15) is 25.5 Å². The van der Waals surface area contributed by atoms with Gasteiger partial charge in [-0.15, -0.1) is 0 Å². The van der Waals surface area contributed by atoms with Crippen LogP contribution in [0.25, 0.3) is 33.1 Å². The first-order valence-corrected chi connectivity index (χ1v) is 11.6. The topological polar surface area (TPSA) is 78.3 Å². The monoisotopic (exact) mass is 442 g/mol. The number of hydrogen-bond acceptors (Lipinski definition) is 5. The number of hydrogen-bond donors (Lipinski definition) is 1. The van der Waals surface area contributed by atoms with Crippen LogP contribution in [0.3, 0.4) is 0 Å². The zero-order valence-electron chi connectivity index (χ0n) is 18.6. The predicted octanol–water partition coefficient (Wildman–Crippen LogP) is 4.39. The van der Waals surface area contributed by atoms with Crippen LogP contribution in [-0.2, 0) is 11.3 Å². The molecule has 6 rings (SSSR count). The summed E-state index contributed by atoms with van der Waals surface area (Å²) >= 11 is 0. The molecule has 1 fully saturated rings. The third-order valence-corrected chi connectivity index (χ3v) is 6.58. The van der Waals surface area contributed by atoms with Crippen molar-refractivity contribution in [2.24, 2.45) is 0 Å². The van der Waals surface area contributed by atoms with Crippen LogP contribution < -0.4 is 14.8 Å². The Morgan fingerprint density at radius 1 is 1.06 bits per heavy atom. The molecule has 4 aromatic rings. The van der Waals surface area contributed by atoms with Crippen molar-refractivity contribution in [1.82, 2.24) is 20.1 Å². The SMILES string of the molecule is Cc1ccc(-c2nn(CC(=O)NC3CCCC3)c3c2cnc2cc4c(cc23)OCCO4)cc1. The van der Waals surface area contributed by atoms with E-state index in [-0.39, 0.29) is 18.5 Å². The summed E-state index contributed by atoms with van der Waals surface area (Å²) in [5.41, 5.74) is 4.68. The van der Waals surface area contributed by atoms with E-state index >= 15 is 0 Å². The Morgan fingerprint density at radius 2 is 1.79 bits per heavy atom. The number of ether oxygens (including phenoxy) is 2. The fourth-order valence-corrected chi connectivity index (χ4v) is 4.91. The average Bonchev–Trinajstić information content (AvgIpc) is 3.46. The maximum absolute atomic E-state index is 12.9. The quantitative estimate of drug-likeness (QED) is 0.507. The van der Waals surface area contributed by atoms with Crippen LogP contribution in [0.2, 0.25) is 0 Å². The normalized spacial score (nSPS) is 15.9. The molecule has 0 bridgehead atoms. The minimum Gasteiger partial charge on any atom is -0.486 e. The number of nitrogens with zero attached hydrogens (tertiary/aromatic N) is 3. The van der Waals surface area contributed by atoms with Crippen molar-refractivity contribution in [3.05, 3.63) is 48.2 Å². The number of pyridine rings is 1. The molecule has 0 spiro atoms. The summed E-state index contributed by atoms with van der Waals surface area (Å²) in [7, 11) is 0. The van der Waals surface area contributed by atoms with Crippen LogP contribution in [0.4, 0.5) is 0 Å². The van der Waals surface area contributed by atoms with Gasteiger partial charge < -0.3 is 14.8 Å². The van der Waals surface area contributed by atoms with Crippen molar-refractivity contribution in [1.29, 1.82) is 0 Å². The number of carbonyl (C=O) groups is 1. The first kappa shape index (κ1) is 20.0. The molecule has 0 unspecified atom stereocenters. The summed E-state index contributed by atoms with van der Waals surface area (Å²) in [5.74, 6) is 1.39. The second kappa shape index (κ2) is 8.06. The zero-order chi connectivity index (χ0) is 22.4. The molecular formula is C26H26N4O3. The molecule has 1 N–H and O–H groups in total. The van der Waals surface area contributed by atoms with Gasteiger partial charge in [0.2, 0.25) is 5.91 Å². The van der Waals surface area contributed by atoms with Gasteiger partial charge in [0.25, 0.3) is 0 Å². The molecular weight excluding hydrogens is 416 g/mol. The van der Waals surface area contributed by atoms with Crippen molar-refractivity contribution in [3.8, 4) is 22.8 Å². The van der Waals surface area contributed by atoms with Crippen molar-refractivity contribution < 1.29 is 14.3 Å². The van der Waals surface area contributed by atoms with Gasteiger partial charge in [-0.3, -0.25) is 14.5 Å². The Bertz CT molecular complexity index is 1350. The van der Waals surface area contributed by atoms with Crippen LogP contribution in [0.5, 0.6) is 11.5 Å². The second-order valence-corrected chi connectivity index (χ2v) is 8.95. The van der Waals surface area contributed by atoms with Crippen LogP contribution in [-0.4, -0.2) is 39.9 Å². The molecule has 7 nitrogen and oxygen atoms in total. The van der Waals surface area contributed by atoms with Gasteiger partial charge in [-0.05, 0) is 25.8 Å². The van der Waals surface area contributed by atoms with Crippen LogP contribution in [0.1, 0.15) is 31.2 Å². The highest BCUT2D eigenvalue weighted by Crippen LogP contribution is 2.38. The van der Waals surface area contributed by atoms with Gasteiger partial charge in [0.15, 0.2) is 11.5 Å². The van der Waals surface area contributed by atoms with Crippen LogP contribution in [0, 0.1) is 6.92 Å². The molecule has 168 valence electrons. The molecule has 1 amide bonds. The summed E-state index contributed by atoms with van der Waals surface area (Å²) in [6.45, 7) is 3.26. The zero-order valence-corrected chi connectivity index (χ0v) is 18.6. The Morgan fingerprint density at radius 3 is 2.55 bits per heavy atom. The van der Waals surface area contributed by atoms with E-state index in [2.05, 4.69) is 36.5 Å². The van der Waals surface area contributed by atoms with E-state index in [9.17, 15) is 4.79 Å². The summed E-state index contributed by atoms with van der Waals surface area (Å²) in [4.78, 5) is 17.6. The lowest BCUT2D eigenvalue weighted by Crippen LogP contribution is -2.35. The first-order valence-electron chi connectivity index (χ1n) is 11.6. The number of carbonyl (C=O) groups excluding carboxylic acids is 1. The number of benzene rings is 2. The van der Waals surface area contributed by atoms with Gasteiger partial charge in [0.05, 0.1) is 11.0 Å². The van der Waals surface area contributed by atoms with Crippen LogP contribution >= 0.6 is 0 Å². The lowest BCUT2D eigenvalue weighted by molar-refractivity contribution is -0.122. The van der Waals surface area contributed by atoms with Crippen molar-refractivity contribution >= 4 is 27.7 Å². The largest absolute Gasteiger partial charge is 0.486 e. The number of aryl methyl sites for hydroxylation is 1. The van der Waals surface area contributed by atoms with Crippen molar-refractivity contribution in [2.45, 2.75) is 45.2 Å². The molecule has 2 aliphatic rings. The van der Waals surface area contributed by atoms with E-state index < -0.39 is 0 Å². The summed E-state index contributed by atoms with van der Waals surface area (Å²) in [5, 5.41) is 9.91. The fraction of sp³-hybridized carbons (Fsp3) is 0.346. The lowest BCUT2D eigenvalue weighted by atomic mass is 10.1. The number of aromatic nitrogens is 3. The Hall–Kier alpha value is -3.61. The van der Waals surface area contributed by atoms with E-state index in [0.29, 0.717) is 24.7 Å². The smallest absolute Gasteiger partial charge is 0.241 e. The minimum atomic E-state index is -0.00994. The highest BCUT2D eigenvalue weighted by atomic mass is 16.6. The number of nitrogens with one attached hydrogen (secondary N) is 1. The number of fused-ring (bicyclic) bond motifs is 4. The predicted molar refractivity (Wildman–Crippen MR) is 127 cm³/mol. The van der Waals surface area contributed by atoms with E-state index in [1.54, 1.807) is 0 Å². The molecule has 2 aromatic heterocycles. The molecule has 1 saturated carbocycles. The molecule has 0 radical (unpaired) electrons. The Labute approximate surface area is 191 Å². The van der Waals surface area contributed by atoms with Gasteiger partial charge in [-0.2, -0.15) is 5.10 Å². The van der Waals surface area contributed by atoms with Crippen LogP contribution in [0.15, 0.2) is 42.6 Å². The highest BCUT2D eigenvalue weighted by Gasteiger charge is 2.22. The third-order valence-electron chi connectivity index (χ3n) is 6.58. The molecule has 1 aliphatic heterocycles. The summed E-state index contributed by atoms with van der Waals surface area (Å²) in [6, 6.07) is 12.4. The molecule has 7 heteroatoms.